The molecular formula is C17H29N3. The Balaban J connectivity index is 2.20. The van der Waals surface area contributed by atoms with Crippen molar-refractivity contribution in [2.24, 2.45) is 5.73 Å². The van der Waals surface area contributed by atoms with E-state index in [0.717, 1.165) is 25.9 Å². The molecule has 2 N–H and O–H groups in total. The molecule has 1 aliphatic rings. The van der Waals surface area contributed by atoms with Crippen molar-refractivity contribution in [3.8, 4) is 0 Å². The number of likely N-dealkylation sites (N-methyl/N-ethyl adjacent to an activating group) is 1. The van der Waals surface area contributed by atoms with Gasteiger partial charge in [0.2, 0.25) is 0 Å². The minimum absolute atomic E-state index is 0.262. The van der Waals surface area contributed by atoms with E-state index < -0.39 is 0 Å². The average Bonchev–Trinajstić information content (AvgIpc) is 2.44. The molecule has 0 aliphatic carbocycles. The largest absolute Gasteiger partial charge is 0.368 e. The van der Waals surface area contributed by atoms with Crippen LogP contribution in [0.5, 0.6) is 0 Å². The van der Waals surface area contributed by atoms with Gasteiger partial charge in [-0.05, 0) is 45.4 Å². The summed E-state index contributed by atoms with van der Waals surface area (Å²) in [4.78, 5) is 5.00. The van der Waals surface area contributed by atoms with Gasteiger partial charge in [0.15, 0.2) is 0 Å². The van der Waals surface area contributed by atoms with E-state index in [1.807, 2.05) is 0 Å². The number of benzene rings is 1. The Morgan fingerprint density at radius 2 is 1.80 bits per heavy atom. The van der Waals surface area contributed by atoms with E-state index in [1.54, 1.807) is 0 Å². The average molecular weight is 275 g/mol. The highest BCUT2D eigenvalue weighted by Gasteiger charge is 2.27. The van der Waals surface area contributed by atoms with Crippen LogP contribution in [0.25, 0.3) is 0 Å². The van der Waals surface area contributed by atoms with Crippen LogP contribution in [0, 0.1) is 0 Å². The number of rotatable bonds is 4. The highest BCUT2D eigenvalue weighted by atomic mass is 15.3. The monoisotopic (exact) mass is 275 g/mol. The minimum atomic E-state index is 0.262. The van der Waals surface area contributed by atoms with Gasteiger partial charge in [-0.2, -0.15) is 0 Å². The lowest BCUT2D eigenvalue weighted by molar-refractivity contribution is 0.170. The predicted molar refractivity (Wildman–Crippen MR) is 87.3 cm³/mol. The van der Waals surface area contributed by atoms with Gasteiger partial charge in [0.1, 0.15) is 0 Å². The fourth-order valence-electron chi connectivity index (χ4n) is 3.02. The fourth-order valence-corrected chi connectivity index (χ4v) is 3.02. The molecule has 3 unspecified atom stereocenters. The third kappa shape index (κ3) is 3.33. The van der Waals surface area contributed by atoms with Gasteiger partial charge in [0.05, 0.1) is 0 Å². The van der Waals surface area contributed by atoms with Crippen molar-refractivity contribution in [1.29, 1.82) is 0 Å². The van der Waals surface area contributed by atoms with Crippen LogP contribution in [-0.2, 0) is 6.42 Å². The van der Waals surface area contributed by atoms with Crippen LogP contribution in [-0.4, -0.2) is 43.2 Å². The molecule has 1 aliphatic heterocycles. The standard InChI is InChI=1S/C17H29N3/c1-5-16(18)10-15-8-6-7-9-17(15)20-11-13(2)19(4)14(3)12-20/h6-9,13-14,16H,5,10-12,18H2,1-4H3. The van der Waals surface area contributed by atoms with E-state index in [2.05, 4.69) is 61.9 Å². The molecule has 1 fully saturated rings. The first kappa shape index (κ1) is 15.3. The normalized spacial score (nSPS) is 25.8. The zero-order chi connectivity index (χ0) is 14.7. The maximum atomic E-state index is 6.15. The topological polar surface area (TPSA) is 32.5 Å². The van der Waals surface area contributed by atoms with Gasteiger partial charge in [-0.25, -0.2) is 0 Å². The second-order valence-corrected chi connectivity index (χ2v) is 6.27. The van der Waals surface area contributed by atoms with E-state index in [1.165, 1.54) is 11.3 Å². The van der Waals surface area contributed by atoms with Gasteiger partial charge in [0.25, 0.3) is 0 Å². The lowest BCUT2D eigenvalue weighted by Gasteiger charge is -2.44. The first-order chi connectivity index (χ1) is 9.52. The number of hydrogen-bond acceptors (Lipinski definition) is 3. The summed E-state index contributed by atoms with van der Waals surface area (Å²) in [5.41, 5.74) is 8.93. The van der Waals surface area contributed by atoms with Crippen LogP contribution in [0.4, 0.5) is 5.69 Å². The van der Waals surface area contributed by atoms with Crippen molar-refractivity contribution in [3.63, 3.8) is 0 Å². The molecule has 2 rings (SSSR count). The van der Waals surface area contributed by atoms with Crippen LogP contribution in [0.15, 0.2) is 24.3 Å². The molecule has 3 atom stereocenters. The Labute approximate surface area is 123 Å². The summed E-state index contributed by atoms with van der Waals surface area (Å²) >= 11 is 0. The molecule has 1 aromatic rings. The predicted octanol–water partition coefficient (Wildman–Crippen LogP) is 2.50. The first-order valence-electron chi connectivity index (χ1n) is 7.83. The molecule has 1 heterocycles. The highest BCUT2D eigenvalue weighted by Crippen LogP contribution is 2.26. The molecule has 1 aromatic carbocycles. The Morgan fingerprint density at radius 1 is 1.20 bits per heavy atom. The smallest absolute Gasteiger partial charge is 0.0400 e. The van der Waals surface area contributed by atoms with E-state index >= 15 is 0 Å². The Morgan fingerprint density at radius 3 is 2.40 bits per heavy atom. The number of anilines is 1. The third-order valence-electron chi connectivity index (χ3n) is 4.70. The summed E-state index contributed by atoms with van der Waals surface area (Å²) in [7, 11) is 2.23. The van der Waals surface area contributed by atoms with Crippen molar-refractivity contribution in [2.45, 2.75) is 51.7 Å². The van der Waals surface area contributed by atoms with Crippen LogP contribution in [0.3, 0.4) is 0 Å². The van der Waals surface area contributed by atoms with Gasteiger partial charge in [-0.1, -0.05) is 25.1 Å². The second kappa shape index (κ2) is 6.59. The summed E-state index contributed by atoms with van der Waals surface area (Å²) in [6.45, 7) is 8.97. The number of nitrogens with zero attached hydrogens (tertiary/aromatic N) is 2. The zero-order valence-electron chi connectivity index (χ0n) is 13.3. The maximum Gasteiger partial charge on any atom is 0.0400 e. The van der Waals surface area contributed by atoms with Crippen LogP contribution >= 0.6 is 0 Å². The molecule has 0 bridgehead atoms. The fraction of sp³-hybridized carbons (Fsp3) is 0.647. The molecule has 0 saturated carbocycles. The Kier molecular flexibility index (Phi) is 5.06. The summed E-state index contributed by atoms with van der Waals surface area (Å²) in [5.74, 6) is 0. The molecule has 0 radical (unpaired) electrons. The summed E-state index contributed by atoms with van der Waals surface area (Å²) in [6, 6.07) is 10.2. The van der Waals surface area contributed by atoms with E-state index in [0.29, 0.717) is 12.1 Å². The Bertz CT molecular complexity index is 420. The molecular weight excluding hydrogens is 246 g/mol. The van der Waals surface area contributed by atoms with Crippen molar-refractivity contribution >= 4 is 5.69 Å². The van der Waals surface area contributed by atoms with Gasteiger partial charge < -0.3 is 10.6 Å². The molecule has 0 amide bonds. The molecule has 0 spiro atoms. The molecule has 0 aromatic heterocycles. The quantitative estimate of drug-likeness (QED) is 0.916. The van der Waals surface area contributed by atoms with Gasteiger partial charge in [-0.15, -0.1) is 0 Å². The van der Waals surface area contributed by atoms with Crippen molar-refractivity contribution in [1.82, 2.24) is 4.90 Å². The number of hydrogen-bond donors (Lipinski definition) is 1. The molecule has 3 nitrogen and oxygen atoms in total. The van der Waals surface area contributed by atoms with Crippen LogP contribution in [0.2, 0.25) is 0 Å². The van der Waals surface area contributed by atoms with Crippen molar-refractivity contribution in [2.75, 3.05) is 25.0 Å². The van der Waals surface area contributed by atoms with Crippen LogP contribution < -0.4 is 10.6 Å². The minimum Gasteiger partial charge on any atom is -0.368 e. The molecule has 1 saturated heterocycles. The third-order valence-corrected chi connectivity index (χ3v) is 4.70. The molecule has 20 heavy (non-hydrogen) atoms. The first-order valence-corrected chi connectivity index (χ1v) is 7.83. The van der Waals surface area contributed by atoms with Gasteiger partial charge >= 0.3 is 0 Å². The van der Waals surface area contributed by atoms with E-state index in [-0.39, 0.29) is 6.04 Å². The Hall–Kier alpha value is -1.06. The van der Waals surface area contributed by atoms with Crippen LogP contribution in [0.1, 0.15) is 32.8 Å². The second-order valence-electron chi connectivity index (χ2n) is 6.27. The summed E-state index contributed by atoms with van der Waals surface area (Å²) < 4.78 is 0. The maximum absolute atomic E-state index is 6.15. The molecule has 112 valence electrons. The van der Waals surface area contributed by atoms with E-state index in [4.69, 9.17) is 5.73 Å². The van der Waals surface area contributed by atoms with Gasteiger partial charge in [-0.3, -0.25) is 4.90 Å². The zero-order valence-corrected chi connectivity index (χ0v) is 13.3. The number of nitrogens with two attached hydrogens (primary N) is 1. The van der Waals surface area contributed by atoms with Gasteiger partial charge in [0, 0.05) is 36.9 Å². The number of para-hydroxylation sites is 1. The lowest BCUT2D eigenvalue weighted by atomic mass is 10.0. The van der Waals surface area contributed by atoms with Crippen molar-refractivity contribution in [3.05, 3.63) is 29.8 Å². The molecule has 3 heteroatoms. The van der Waals surface area contributed by atoms with E-state index in [9.17, 15) is 0 Å². The SMILES string of the molecule is CCC(N)Cc1ccccc1N1CC(C)N(C)C(C)C1. The lowest BCUT2D eigenvalue weighted by Crippen LogP contribution is -2.55. The highest BCUT2D eigenvalue weighted by molar-refractivity contribution is 5.54. The summed E-state index contributed by atoms with van der Waals surface area (Å²) in [6.07, 6.45) is 2.01. The van der Waals surface area contributed by atoms with Crippen molar-refractivity contribution < 1.29 is 0 Å². The summed E-state index contributed by atoms with van der Waals surface area (Å²) in [5, 5.41) is 0. The number of piperazine rings is 1.